The summed E-state index contributed by atoms with van der Waals surface area (Å²) in [4.78, 5) is 24.5. The van der Waals surface area contributed by atoms with Crippen molar-refractivity contribution in [1.29, 1.82) is 0 Å². The number of nitrogens with one attached hydrogen (secondary N) is 1. The van der Waals surface area contributed by atoms with Gasteiger partial charge in [0.15, 0.2) is 5.69 Å². The summed E-state index contributed by atoms with van der Waals surface area (Å²) in [6.45, 7) is -0.0675. The maximum absolute atomic E-state index is 12.9. The van der Waals surface area contributed by atoms with Crippen molar-refractivity contribution in [2.45, 2.75) is 11.3 Å². The lowest BCUT2D eigenvalue weighted by Crippen LogP contribution is -2.50. The van der Waals surface area contributed by atoms with E-state index in [9.17, 15) is 36.5 Å². The van der Waals surface area contributed by atoms with Gasteiger partial charge in [-0.05, 0) is 30.3 Å². The van der Waals surface area contributed by atoms with Crippen LogP contribution in [0.25, 0.3) is 10.9 Å². The summed E-state index contributed by atoms with van der Waals surface area (Å²) in [6, 6.07) is 7.78. The molecule has 1 saturated heterocycles. The number of ether oxygens (including phenoxy) is 1. The largest absolute Gasteiger partial charge is 0.573 e. The van der Waals surface area contributed by atoms with Crippen molar-refractivity contribution in [2.75, 3.05) is 26.2 Å². The Kier molecular flexibility index (Phi) is 5.91. The number of halogens is 3. The molecular formula is C19H16F3N5O6S. The SMILES string of the molecule is O=C(c1n[nH]c2ccc([N+](=O)[O-])cc12)N1CCN(S(=O)(=O)c2ccc(OC(F)(F)F)cc2)CC1. The van der Waals surface area contributed by atoms with Crippen LogP contribution in [0.4, 0.5) is 18.9 Å². The van der Waals surface area contributed by atoms with Gasteiger partial charge in [-0.3, -0.25) is 20.0 Å². The molecule has 0 bridgehead atoms. The zero-order valence-corrected chi connectivity index (χ0v) is 18.0. The fourth-order valence-corrected chi connectivity index (χ4v) is 4.94. The molecule has 0 radical (unpaired) electrons. The molecule has 0 atom stereocenters. The molecule has 1 aliphatic rings. The highest BCUT2D eigenvalue weighted by Gasteiger charge is 2.33. The molecule has 2 heterocycles. The molecule has 4 rings (SSSR count). The average Bonchev–Trinajstić information content (AvgIpc) is 3.21. The number of carbonyl (C=O) groups excluding carboxylic acids is 1. The molecule has 1 N–H and O–H groups in total. The fraction of sp³-hybridized carbons (Fsp3) is 0.263. The maximum atomic E-state index is 12.9. The van der Waals surface area contributed by atoms with Gasteiger partial charge in [0.1, 0.15) is 5.75 Å². The van der Waals surface area contributed by atoms with Gasteiger partial charge in [0, 0.05) is 43.7 Å². The highest BCUT2D eigenvalue weighted by Crippen LogP contribution is 2.27. The number of rotatable bonds is 5. The lowest BCUT2D eigenvalue weighted by molar-refractivity contribution is -0.384. The lowest BCUT2D eigenvalue weighted by atomic mass is 10.1. The Morgan fingerprint density at radius 2 is 1.74 bits per heavy atom. The first-order chi connectivity index (χ1) is 16.0. The van der Waals surface area contributed by atoms with E-state index >= 15 is 0 Å². The summed E-state index contributed by atoms with van der Waals surface area (Å²) < 4.78 is 67.4. The first-order valence-electron chi connectivity index (χ1n) is 9.73. The van der Waals surface area contributed by atoms with E-state index in [-0.39, 0.29) is 47.8 Å². The molecule has 1 fully saturated rings. The van der Waals surface area contributed by atoms with Gasteiger partial charge >= 0.3 is 6.36 Å². The zero-order valence-electron chi connectivity index (χ0n) is 17.2. The number of amides is 1. The second-order valence-electron chi connectivity index (χ2n) is 7.27. The lowest BCUT2D eigenvalue weighted by Gasteiger charge is -2.33. The van der Waals surface area contributed by atoms with E-state index in [1.165, 1.54) is 23.1 Å². The number of nitro groups is 1. The average molecular weight is 499 g/mol. The van der Waals surface area contributed by atoms with Crippen molar-refractivity contribution in [2.24, 2.45) is 0 Å². The van der Waals surface area contributed by atoms with Gasteiger partial charge in [0.05, 0.1) is 15.3 Å². The van der Waals surface area contributed by atoms with Crippen molar-refractivity contribution in [3.63, 3.8) is 0 Å². The van der Waals surface area contributed by atoms with Gasteiger partial charge in [0.25, 0.3) is 11.6 Å². The van der Waals surface area contributed by atoms with Crippen LogP contribution >= 0.6 is 0 Å². The standard InChI is InChI=1S/C19H16F3N5O6S/c20-19(21,22)33-13-2-4-14(5-3-13)34(31,32)26-9-7-25(8-10-26)18(28)17-15-11-12(27(29)30)1-6-16(15)23-24-17/h1-6,11H,7-10H2,(H,23,24). The quantitative estimate of drug-likeness (QED) is 0.420. The Bertz CT molecular complexity index is 1350. The molecular weight excluding hydrogens is 483 g/mol. The molecule has 11 nitrogen and oxygen atoms in total. The number of aromatic nitrogens is 2. The number of hydrogen-bond donors (Lipinski definition) is 1. The molecule has 1 amide bonds. The summed E-state index contributed by atoms with van der Waals surface area (Å²) in [5.41, 5.74) is 0.217. The maximum Gasteiger partial charge on any atom is 0.573 e. The Morgan fingerprint density at radius 1 is 1.09 bits per heavy atom. The van der Waals surface area contributed by atoms with Crippen molar-refractivity contribution in [3.05, 3.63) is 58.3 Å². The molecule has 15 heteroatoms. The minimum Gasteiger partial charge on any atom is -0.406 e. The van der Waals surface area contributed by atoms with Crippen LogP contribution in [0.2, 0.25) is 0 Å². The minimum atomic E-state index is -4.90. The van der Waals surface area contributed by atoms with Crippen molar-refractivity contribution in [1.82, 2.24) is 19.4 Å². The number of aromatic amines is 1. The topological polar surface area (TPSA) is 139 Å². The van der Waals surface area contributed by atoms with Crippen LogP contribution < -0.4 is 4.74 Å². The van der Waals surface area contributed by atoms with E-state index in [0.717, 1.165) is 28.6 Å². The molecule has 1 aliphatic heterocycles. The number of nitrogens with zero attached hydrogens (tertiary/aromatic N) is 4. The van der Waals surface area contributed by atoms with E-state index in [1.54, 1.807) is 0 Å². The third-order valence-electron chi connectivity index (χ3n) is 5.18. The number of fused-ring (bicyclic) bond motifs is 1. The summed E-state index contributed by atoms with van der Waals surface area (Å²) in [5, 5.41) is 17.9. The van der Waals surface area contributed by atoms with E-state index in [4.69, 9.17) is 0 Å². The number of benzene rings is 2. The predicted molar refractivity (Wildman–Crippen MR) is 111 cm³/mol. The van der Waals surface area contributed by atoms with Crippen LogP contribution in [0, 0.1) is 10.1 Å². The number of non-ortho nitro benzene ring substituents is 1. The number of nitro benzene ring substituents is 1. The van der Waals surface area contributed by atoms with Gasteiger partial charge in [-0.15, -0.1) is 13.2 Å². The smallest absolute Gasteiger partial charge is 0.406 e. The Labute approximate surface area is 189 Å². The normalized spacial score (nSPS) is 15.4. The van der Waals surface area contributed by atoms with Gasteiger partial charge in [-0.1, -0.05) is 0 Å². The molecule has 0 unspecified atom stereocenters. The first-order valence-corrected chi connectivity index (χ1v) is 11.2. The number of piperazine rings is 1. The molecule has 0 spiro atoms. The van der Waals surface area contributed by atoms with Crippen LogP contribution in [0.3, 0.4) is 0 Å². The van der Waals surface area contributed by atoms with Crippen LogP contribution in [-0.2, 0) is 10.0 Å². The van der Waals surface area contributed by atoms with Crippen LogP contribution in [0.1, 0.15) is 10.5 Å². The van der Waals surface area contributed by atoms with Gasteiger partial charge in [0.2, 0.25) is 10.0 Å². The Morgan fingerprint density at radius 3 is 2.32 bits per heavy atom. The molecule has 2 aromatic carbocycles. The predicted octanol–water partition coefficient (Wildman–Crippen LogP) is 2.52. The number of hydrogen-bond acceptors (Lipinski definition) is 7. The van der Waals surface area contributed by atoms with Gasteiger partial charge in [-0.25, -0.2) is 8.42 Å². The Hall–Kier alpha value is -3.72. The van der Waals surface area contributed by atoms with Crippen LogP contribution in [0.15, 0.2) is 47.4 Å². The number of sulfonamides is 1. The monoisotopic (exact) mass is 499 g/mol. The van der Waals surface area contributed by atoms with E-state index < -0.39 is 33.0 Å². The molecule has 1 aromatic heterocycles. The van der Waals surface area contributed by atoms with E-state index in [0.29, 0.717) is 5.52 Å². The highest BCUT2D eigenvalue weighted by atomic mass is 32.2. The minimum absolute atomic E-state index is 0.0183. The van der Waals surface area contributed by atoms with Gasteiger partial charge < -0.3 is 9.64 Å². The van der Waals surface area contributed by atoms with Gasteiger partial charge in [-0.2, -0.15) is 9.40 Å². The third-order valence-corrected chi connectivity index (χ3v) is 7.09. The summed E-state index contributed by atoms with van der Waals surface area (Å²) >= 11 is 0. The summed E-state index contributed by atoms with van der Waals surface area (Å²) in [7, 11) is -4.01. The van der Waals surface area contributed by atoms with Crippen LogP contribution in [-0.4, -0.2) is 71.2 Å². The van der Waals surface area contributed by atoms with E-state index in [1.807, 2.05) is 0 Å². The third kappa shape index (κ3) is 4.65. The molecule has 3 aromatic rings. The Balaban J connectivity index is 1.46. The number of carbonyl (C=O) groups is 1. The molecule has 34 heavy (non-hydrogen) atoms. The summed E-state index contributed by atoms with van der Waals surface area (Å²) in [6.07, 6.45) is -4.90. The van der Waals surface area contributed by atoms with Crippen LogP contribution in [0.5, 0.6) is 5.75 Å². The second-order valence-corrected chi connectivity index (χ2v) is 9.21. The fourth-order valence-electron chi connectivity index (χ4n) is 3.52. The second kappa shape index (κ2) is 8.57. The molecule has 0 aliphatic carbocycles. The van der Waals surface area contributed by atoms with Crippen molar-refractivity contribution >= 4 is 32.5 Å². The number of alkyl halides is 3. The van der Waals surface area contributed by atoms with Crippen molar-refractivity contribution in [3.8, 4) is 5.75 Å². The highest BCUT2D eigenvalue weighted by molar-refractivity contribution is 7.89. The number of H-pyrrole nitrogens is 1. The molecule has 0 saturated carbocycles. The molecule has 180 valence electrons. The first kappa shape index (κ1) is 23.4. The van der Waals surface area contributed by atoms with E-state index in [2.05, 4.69) is 14.9 Å². The zero-order chi connectivity index (χ0) is 24.7. The summed E-state index contributed by atoms with van der Waals surface area (Å²) in [5.74, 6) is -1.06. The van der Waals surface area contributed by atoms with Crippen molar-refractivity contribution < 1.29 is 36.0 Å².